The third kappa shape index (κ3) is 1.57. The van der Waals surface area contributed by atoms with E-state index in [2.05, 4.69) is 20.9 Å². The molecular weight excluding hydrogens is 260 g/mol. The molecule has 0 radical (unpaired) electrons. The molecule has 1 heterocycles. The van der Waals surface area contributed by atoms with Crippen molar-refractivity contribution < 1.29 is 9.59 Å². The van der Waals surface area contributed by atoms with E-state index < -0.39 is 11.7 Å². The smallest absolute Gasteiger partial charge is 0.206 e. The largest absolute Gasteiger partial charge is 0.297 e. The van der Waals surface area contributed by atoms with Gasteiger partial charge in [-0.3, -0.25) is 9.59 Å². The Hall–Kier alpha value is -1.54. The SMILES string of the molecule is N#CC1C(=O)Cc2ccc(Br)nc2C1=O. The van der Waals surface area contributed by atoms with Crippen LogP contribution in [0.3, 0.4) is 0 Å². The Morgan fingerprint density at radius 3 is 2.87 bits per heavy atom. The van der Waals surface area contributed by atoms with Crippen molar-refractivity contribution in [1.29, 1.82) is 5.26 Å². The molecule has 2 rings (SSSR count). The normalized spacial score (nSPS) is 19.6. The highest BCUT2D eigenvalue weighted by Gasteiger charge is 2.35. The number of carbonyl (C=O) groups excluding carboxylic acids is 2. The monoisotopic (exact) mass is 264 g/mol. The van der Waals surface area contributed by atoms with Crippen molar-refractivity contribution in [3.63, 3.8) is 0 Å². The van der Waals surface area contributed by atoms with Gasteiger partial charge in [0.05, 0.1) is 6.07 Å². The van der Waals surface area contributed by atoms with Crippen molar-refractivity contribution in [3.05, 3.63) is 28.0 Å². The summed E-state index contributed by atoms with van der Waals surface area (Å²) in [5, 5.41) is 8.70. The summed E-state index contributed by atoms with van der Waals surface area (Å²) in [4.78, 5) is 27.1. The number of nitriles is 1. The van der Waals surface area contributed by atoms with E-state index in [0.717, 1.165) is 0 Å². The second-order valence-electron chi connectivity index (χ2n) is 3.21. The average molecular weight is 265 g/mol. The molecule has 1 aromatic heterocycles. The summed E-state index contributed by atoms with van der Waals surface area (Å²) in [6.45, 7) is 0. The molecule has 0 bridgehead atoms. The summed E-state index contributed by atoms with van der Waals surface area (Å²) in [6, 6.07) is 5.06. The molecule has 1 aromatic rings. The van der Waals surface area contributed by atoms with Gasteiger partial charge in [0.25, 0.3) is 0 Å². The number of carbonyl (C=O) groups is 2. The van der Waals surface area contributed by atoms with Crippen LogP contribution in [0.25, 0.3) is 0 Å². The molecule has 0 aliphatic heterocycles. The number of hydrogen-bond donors (Lipinski definition) is 0. The lowest BCUT2D eigenvalue weighted by molar-refractivity contribution is -0.119. The number of hydrogen-bond acceptors (Lipinski definition) is 4. The van der Waals surface area contributed by atoms with Crippen LogP contribution in [-0.4, -0.2) is 16.6 Å². The zero-order valence-electron chi connectivity index (χ0n) is 7.53. The lowest BCUT2D eigenvalue weighted by atomic mass is 9.85. The van der Waals surface area contributed by atoms with Gasteiger partial charge in [-0.2, -0.15) is 5.26 Å². The van der Waals surface area contributed by atoms with E-state index in [1.165, 1.54) is 0 Å². The van der Waals surface area contributed by atoms with Crippen LogP contribution in [0.5, 0.6) is 0 Å². The molecule has 1 atom stereocenters. The first-order valence-corrected chi connectivity index (χ1v) is 5.04. The Kier molecular flexibility index (Phi) is 2.37. The summed E-state index contributed by atoms with van der Waals surface area (Å²) in [5.74, 6) is -2.02. The molecular formula is C10H5BrN2O2. The lowest BCUT2D eigenvalue weighted by Gasteiger charge is -2.16. The third-order valence-corrected chi connectivity index (χ3v) is 2.70. The van der Waals surface area contributed by atoms with E-state index in [1.807, 2.05) is 0 Å². The van der Waals surface area contributed by atoms with Crippen molar-refractivity contribution in [2.45, 2.75) is 6.42 Å². The maximum absolute atomic E-state index is 11.7. The highest BCUT2D eigenvalue weighted by atomic mass is 79.9. The summed E-state index contributed by atoms with van der Waals surface area (Å²) >= 11 is 3.14. The van der Waals surface area contributed by atoms with Crippen LogP contribution in [0.1, 0.15) is 16.1 Å². The van der Waals surface area contributed by atoms with Crippen molar-refractivity contribution in [2.75, 3.05) is 0 Å². The topological polar surface area (TPSA) is 70.8 Å². The number of aromatic nitrogens is 1. The van der Waals surface area contributed by atoms with Gasteiger partial charge in [-0.15, -0.1) is 0 Å². The second-order valence-corrected chi connectivity index (χ2v) is 4.02. The van der Waals surface area contributed by atoms with E-state index >= 15 is 0 Å². The fraction of sp³-hybridized carbons (Fsp3) is 0.200. The Morgan fingerprint density at radius 1 is 1.47 bits per heavy atom. The summed E-state index contributed by atoms with van der Waals surface area (Å²) in [7, 11) is 0. The molecule has 0 aromatic carbocycles. The van der Waals surface area contributed by atoms with Crippen LogP contribution in [0, 0.1) is 17.2 Å². The van der Waals surface area contributed by atoms with Crippen molar-refractivity contribution >= 4 is 27.5 Å². The minimum Gasteiger partial charge on any atom is -0.297 e. The van der Waals surface area contributed by atoms with Gasteiger partial charge in [-0.1, -0.05) is 6.07 Å². The van der Waals surface area contributed by atoms with Crippen LogP contribution in [-0.2, 0) is 11.2 Å². The Labute approximate surface area is 94.1 Å². The van der Waals surface area contributed by atoms with Crippen LogP contribution in [0.4, 0.5) is 0 Å². The Morgan fingerprint density at radius 2 is 2.20 bits per heavy atom. The first-order valence-electron chi connectivity index (χ1n) is 4.25. The fourth-order valence-corrected chi connectivity index (χ4v) is 1.83. The zero-order valence-corrected chi connectivity index (χ0v) is 9.11. The quantitative estimate of drug-likeness (QED) is 0.523. The van der Waals surface area contributed by atoms with E-state index in [9.17, 15) is 9.59 Å². The van der Waals surface area contributed by atoms with Gasteiger partial charge in [-0.25, -0.2) is 4.98 Å². The number of nitrogens with zero attached hydrogens (tertiary/aromatic N) is 2. The molecule has 0 saturated heterocycles. The van der Waals surface area contributed by atoms with E-state index in [1.54, 1.807) is 18.2 Å². The number of rotatable bonds is 0. The highest BCUT2D eigenvalue weighted by Crippen LogP contribution is 2.23. The Bertz CT molecular complexity index is 505. The molecule has 0 spiro atoms. The van der Waals surface area contributed by atoms with Gasteiger partial charge in [0.15, 0.2) is 11.7 Å². The molecule has 1 aliphatic rings. The number of fused-ring (bicyclic) bond motifs is 1. The molecule has 5 heteroatoms. The third-order valence-electron chi connectivity index (χ3n) is 2.26. The molecule has 4 nitrogen and oxygen atoms in total. The Balaban J connectivity index is 2.57. The van der Waals surface area contributed by atoms with Crippen molar-refractivity contribution in [2.24, 2.45) is 5.92 Å². The van der Waals surface area contributed by atoms with Gasteiger partial charge in [-0.05, 0) is 27.6 Å². The van der Waals surface area contributed by atoms with Gasteiger partial charge in [0.2, 0.25) is 5.78 Å². The minimum atomic E-state index is -1.18. The molecule has 0 saturated carbocycles. The van der Waals surface area contributed by atoms with Crippen LogP contribution in [0.15, 0.2) is 16.7 Å². The zero-order chi connectivity index (χ0) is 11.0. The first-order chi connectivity index (χ1) is 7.13. The van der Waals surface area contributed by atoms with Gasteiger partial charge in [0.1, 0.15) is 10.3 Å². The standard InChI is InChI=1S/C10H5BrN2O2/c11-8-2-1-5-3-7(14)6(4-12)10(15)9(5)13-8/h1-2,6H,3H2. The maximum Gasteiger partial charge on any atom is 0.206 e. The number of ketones is 2. The average Bonchev–Trinajstić information content (AvgIpc) is 2.20. The summed E-state index contributed by atoms with van der Waals surface area (Å²) < 4.78 is 0.528. The van der Waals surface area contributed by atoms with Crippen LogP contribution < -0.4 is 0 Å². The van der Waals surface area contributed by atoms with E-state index in [4.69, 9.17) is 5.26 Å². The lowest BCUT2D eigenvalue weighted by Crippen LogP contribution is -2.31. The molecule has 0 amide bonds. The highest BCUT2D eigenvalue weighted by molar-refractivity contribution is 9.10. The van der Waals surface area contributed by atoms with E-state index in [-0.39, 0.29) is 17.9 Å². The molecule has 0 N–H and O–H groups in total. The summed E-state index contributed by atoms with van der Waals surface area (Å²) in [6.07, 6.45) is 0.111. The molecule has 15 heavy (non-hydrogen) atoms. The maximum atomic E-state index is 11.7. The fourth-order valence-electron chi connectivity index (χ4n) is 1.52. The van der Waals surface area contributed by atoms with Crippen LogP contribution >= 0.6 is 15.9 Å². The van der Waals surface area contributed by atoms with Gasteiger partial charge < -0.3 is 0 Å². The molecule has 1 aliphatic carbocycles. The van der Waals surface area contributed by atoms with Crippen molar-refractivity contribution in [3.8, 4) is 6.07 Å². The first kappa shape index (κ1) is 9.99. The predicted molar refractivity (Wildman–Crippen MR) is 54.1 cm³/mol. The van der Waals surface area contributed by atoms with Gasteiger partial charge >= 0.3 is 0 Å². The minimum absolute atomic E-state index is 0.111. The number of halogens is 1. The van der Waals surface area contributed by atoms with Gasteiger partial charge in [0, 0.05) is 6.42 Å². The summed E-state index contributed by atoms with van der Waals surface area (Å²) in [5.41, 5.74) is 0.829. The van der Waals surface area contributed by atoms with Crippen molar-refractivity contribution in [1.82, 2.24) is 4.98 Å². The van der Waals surface area contributed by atoms with E-state index in [0.29, 0.717) is 10.2 Å². The molecule has 1 unspecified atom stereocenters. The number of Topliss-reactive ketones (excluding diaryl/α,β-unsaturated/α-hetero) is 2. The van der Waals surface area contributed by atoms with Crippen LogP contribution in [0.2, 0.25) is 0 Å². The molecule has 74 valence electrons. The second kappa shape index (κ2) is 3.55. The number of pyridine rings is 1. The molecule has 0 fully saturated rings. The predicted octanol–water partition coefficient (Wildman–Crippen LogP) is 1.29.